The Balaban J connectivity index is 1.90. The van der Waals surface area contributed by atoms with Gasteiger partial charge in [0.2, 0.25) is 11.9 Å². The maximum absolute atomic E-state index is 12.9. The van der Waals surface area contributed by atoms with Crippen LogP contribution in [0.15, 0.2) is 23.0 Å². The lowest BCUT2D eigenvalue weighted by Gasteiger charge is -2.30. The first kappa shape index (κ1) is 19.1. The molecule has 3 rings (SSSR count). The number of piperidine rings is 1. The summed E-state index contributed by atoms with van der Waals surface area (Å²) in [5.41, 5.74) is 4.04. The maximum Gasteiger partial charge on any atom is 0.258 e. The summed E-state index contributed by atoms with van der Waals surface area (Å²) in [6, 6.07) is 5.94. The van der Waals surface area contributed by atoms with Gasteiger partial charge in [0, 0.05) is 30.0 Å². The Labute approximate surface area is 160 Å². The molecule has 0 aliphatic carbocycles. The van der Waals surface area contributed by atoms with E-state index >= 15 is 0 Å². The number of nitrogens with one attached hydrogen (secondary N) is 1. The molecule has 0 spiro atoms. The van der Waals surface area contributed by atoms with E-state index in [1.54, 1.807) is 6.92 Å². The molecule has 1 aliphatic heterocycles. The zero-order valence-corrected chi connectivity index (χ0v) is 16.6. The van der Waals surface area contributed by atoms with Crippen molar-refractivity contribution in [2.45, 2.75) is 53.5 Å². The number of amides is 1. The monoisotopic (exact) mass is 368 g/mol. The van der Waals surface area contributed by atoms with Crippen molar-refractivity contribution in [2.75, 3.05) is 23.3 Å². The lowest BCUT2D eigenvalue weighted by molar-refractivity contribution is -0.116. The number of anilines is 2. The number of carbonyl (C=O) groups excluding carboxylic acids is 1. The number of hydrogen-bond donors (Lipinski definition) is 1. The van der Waals surface area contributed by atoms with Gasteiger partial charge in [-0.05, 0) is 64.2 Å². The van der Waals surface area contributed by atoms with Crippen molar-refractivity contribution in [1.29, 1.82) is 0 Å². The second-order valence-electron chi connectivity index (χ2n) is 7.43. The van der Waals surface area contributed by atoms with E-state index in [-0.39, 0.29) is 18.0 Å². The molecule has 1 amide bonds. The molecule has 0 saturated carbocycles. The standard InChI is InChI=1S/C21H28N4O2/c1-14-8-9-15(2)18(12-14)23-19(26)13-25-20(27)16(3)17(4)22-21(25)24-10-6-5-7-11-24/h8-9,12H,5-7,10-11,13H2,1-4H3,(H,23,26). The summed E-state index contributed by atoms with van der Waals surface area (Å²) in [6.45, 7) is 9.26. The zero-order chi connectivity index (χ0) is 19.6. The third kappa shape index (κ3) is 4.21. The highest BCUT2D eigenvalue weighted by atomic mass is 16.2. The van der Waals surface area contributed by atoms with E-state index in [4.69, 9.17) is 0 Å². The predicted molar refractivity (Wildman–Crippen MR) is 109 cm³/mol. The second-order valence-corrected chi connectivity index (χ2v) is 7.43. The maximum atomic E-state index is 12.9. The number of nitrogens with zero attached hydrogens (tertiary/aromatic N) is 3. The molecule has 1 aromatic carbocycles. The number of hydrogen-bond acceptors (Lipinski definition) is 4. The van der Waals surface area contributed by atoms with Crippen molar-refractivity contribution >= 4 is 17.5 Å². The summed E-state index contributed by atoms with van der Waals surface area (Å²) >= 11 is 0. The third-order valence-electron chi connectivity index (χ3n) is 5.23. The van der Waals surface area contributed by atoms with Gasteiger partial charge in [-0.25, -0.2) is 4.98 Å². The molecule has 1 fully saturated rings. The van der Waals surface area contributed by atoms with E-state index in [0.29, 0.717) is 11.5 Å². The van der Waals surface area contributed by atoms with Gasteiger partial charge in [0.05, 0.1) is 0 Å². The van der Waals surface area contributed by atoms with Gasteiger partial charge < -0.3 is 10.2 Å². The van der Waals surface area contributed by atoms with Gasteiger partial charge >= 0.3 is 0 Å². The van der Waals surface area contributed by atoms with Gasteiger partial charge in [-0.1, -0.05) is 12.1 Å². The molecular formula is C21H28N4O2. The molecule has 0 unspecified atom stereocenters. The van der Waals surface area contributed by atoms with Crippen molar-refractivity contribution in [3.05, 3.63) is 50.9 Å². The Morgan fingerprint density at radius 3 is 2.52 bits per heavy atom. The van der Waals surface area contributed by atoms with Gasteiger partial charge in [-0.2, -0.15) is 0 Å². The van der Waals surface area contributed by atoms with Crippen LogP contribution < -0.4 is 15.8 Å². The molecule has 0 bridgehead atoms. The number of benzene rings is 1. The Morgan fingerprint density at radius 1 is 1.11 bits per heavy atom. The highest BCUT2D eigenvalue weighted by Crippen LogP contribution is 2.19. The Kier molecular flexibility index (Phi) is 5.63. The average molecular weight is 368 g/mol. The van der Waals surface area contributed by atoms with Crippen LogP contribution in [0.25, 0.3) is 0 Å². The van der Waals surface area contributed by atoms with E-state index in [2.05, 4.69) is 15.2 Å². The van der Waals surface area contributed by atoms with E-state index in [9.17, 15) is 9.59 Å². The first-order valence-electron chi connectivity index (χ1n) is 9.57. The fourth-order valence-electron chi connectivity index (χ4n) is 3.42. The third-order valence-corrected chi connectivity index (χ3v) is 5.23. The lowest BCUT2D eigenvalue weighted by Crippen LogP contribution is -2.39. The highest BCUT2D eigenvalue weighted by molar-refractivity contribution is 5.91. The highest BCUT2D eigenvalue weighted by Gasteiger charge is 2.21. The van der Waals surface area contributed by atoms with Crippen LogP contribution >= 0.6 is 0 Å². The number of aryl methyl sites for hydroxylation is 3. The zero-order valence-electron chi connectivity index (χ0n) is 16.6. The summed E-state index contributed by atoms with van der Waals surface area (Å²) in [7, 11) is 0. The van der Waals surface area contributed by atoms with Crippen LogP contribution in [0.5, 0.6) is 0 Å². The van der Waals surface area contributed by atoms with Crippen LogP contribution in [-0.2, 0) is 11.3 Å². The molecule has 6 heteroatoms. The minimum atomic E-state index is -0.214. The SMILES string of the molecule is Cc1ccc(C)c(NC(=O)Cn2c(N3CCCCC3)nc(C)c(C)c2=O)c1. The van der Waals surface area contributed by atoms with Crippen LogP contribution in [0.4, 0.5) is 11.6 Å². The molecular weight excluding hydrogens is 340 g/mol. The van der Waals surface area contributed by atoms with Crippen molar-refractivity contribution in [2.24, 2.45) is 0 Å². The van der Waals surface area contributed by atoms with Crippen molar-refractivity contribution in [3.8, 4) is 0 Å². The first-order valence-corrected chi connectivity index (χ1v) is 9.57. The minimum absolute atomic E-state index is 0.0355. The summed E-state index contributed by atoms with van der Waals surface area (Å²) in [4.78, 5) is 32.4. The fraction of sp³-hybridized carbons (Fsp3) is 0.476. The molecule has 144 valence electrons. The molecule has 1 aromatic heterocycles. The van der Waals surface area contributed by atoms with Gasteiger partial charge in [-0.3, -0.25) is 14.2 Å². The first-order chi connectivity index (χ1) is 12.9. The van der Waals surface area contributed by atoms with Crippen molar-refractivity contribution in [3.63, 3.8) is 0 Å². The number of rotatable bonds is 4. The normalized spacial score (nSPS) is 14.3. The summed E-state index contributed by atoms with van der Waals surface area (Å²) < 4.78 is 1.52. The molecule has 2 aromatic rings. The number of carbonyl (C=O) groups is 1. The van der Waals surface area contributed by atoms with Crippen LogP contribution in [0, 0.1) is 27.7 Å². The molecule has 2 heterocycles. The van der Waals surface area contributed by atoms with E-state index < -0.39 is 0 Å². The van der Waals surface area contributed by atoms with E-state index in [1.165, 1.54) is 11.0 Å². The molecule has 0 atom stereocenters. The number of aromatic nitrogens is 2. The smallest absolute Gasteiger partial charge is 0.258 e. The van der Waals surface area contributed by atoms with E-state index in [1.807, 2.05) is 39.0 Å². The minimum Gasteiger partial charge on any atom is -0.342 e. The quantitative estimate of drug-likeness (QED) is 0.900. The molecule has 1 N–H and O–H groups in total. The Hall–Kier alpha value is -2.63. The molecule has 1 saturated heterocycles. The Morgan fingerprint density at radius 2 is 1.81 bits per heavy atom. The largest absolute Gasteiger partial charge is 0.342 e. The van der Waals surface area contributed by atoms with Crippen LogP contribution in [0.2, 0.25) is 0 Å². The van der Waals surface area contributed by atoms with Gasteiger partial charge in [0.15, 0.2) is 0 Å². The average Bonchev–Trinajstić information content (AvgIpc) is 2.65. The summed E-state index contributed by atoms with van der Waals surface area (Å²) in [5, 5.41) is 2.95. The van der Waals surface area contributed by atoms with Crippen LogP contribution in [0.3, 0.4) is 0 Å². The van der Waals surface area contributed by atoms with Crippen molar-refractivity contribution in [1.82, 2.24) is 9.55 Å². The second kappa shape index (κ2) is 7.94. The van der Waals surface area contributed by atoms with Gasteiger partial charge in [0.25, 0.3) is 5.56 Å². The van der Waals surface area contributed by atoms with Crippen LogP contribution in [-0.4, -0.2) is 28.5 Å². The fourth-order valence-corrected chi connectivity index (χ4v) is 3.42. The Bertz CT molecular complexity index is 911. The van der Waals surface area contributed by atoms with Gasteiger partial charge in [-0.15, -0.1) is 0 Å². The van der Waals surface area contributed by atoms with Crippen LogP contribution in [0.1, 0.15) is 41.6 Å². The molecule has 0 radical (unpaired) electrons. The molecule has 27 heavy (non-hydrogen) atoms. The van der Waals surface area contributed by atoms with E-state index in [0.717, 1.165) is 48.4 Å². The molecule has 6 nitrogen and oxygen atoms in total. The van der Waals surface area contributed by atoms with Crippen molar-refractivity contribution < 1.29 is 4.79 Å². The summed E-state index contributed by atoms with van der Waals surface area (Å²) in [6.07, 6.45) is 3.35. The lowest BCUT2D eigenvalue weighted by atomic mass is 10.1. The predicted octanol–water partition coefficient (Wildman–Crippen LogP) is 3.11. The summed E-state index contributed by atoms with van der Waals surface area (Å²) in [5.74, 6) is 0.396. The topological polar surface area (TPSA) is 67.2 Å². The molecule has 1 aliphatic rings. The van der Waals surface area contributed by atoms with Gasteiger partial charge in [0.1, 0.15) is 6.54 Å².